The summed E-state index contributed by atoms with van der Waals surface area (Å²) in [6.07, 6.45) is 1.64. The molecule has 2 N–H and O–H groups in total. The monoisotopic (exact) mass is 447 g/mol. The molecule has 7 nitrogen and oxygen atoms in total. The van der Waals surface area contributed by atoms with Crippen molar-refractivity contribution in [2.24, 2.45) is 23.2 Å². The van der Waals surface area contributed by atoms with Gasteiger partial charge in [0, 0.05) is 24.6 Å². The summed E-state index contributed by atoms with van der Waals surface area (Å²) in [5, 5.41) is 7.63. The minimum atomic E-state index is -0.745. The second-order valence-corrected chi connectivity index (χ2v) is 10.2. The number of benzene rings is 2. The summed E-state index contributed by atoms with van der Waals surface area (Å²) in [6.45, 7) is 5.37. The summed E-state index contributed by atoms with van der Waals surface area (Å²) in [4.78, 5) is 52.2. The Hall–Kier alpha value is -3.22. The lowest BCUT2D eigenvalue weighted by Gasteiger charge is -2.31. The molecule has 3 aliphatic rings. The van der Waals surface area contributed by atoms with Crippen LogP contribution in [-0.4, -0.2) is 54.1 Å². The fraction of sp³-hybridized carbons (Fsp3) is 0.462. The quantitative estimate of drug-likeness (QED) is 0.664. The van der Waals surface area contributed by atoms with Crippen LogP contribution >= 0.6 is 0 Å². The van der Waals surface area contributed by atoms with Crippen molar-refractivity contribution in [3.63, 3.8) is 0 Å². The van der Waals surface area contributed by atoms with E-state index >= 15 is 0 Å². The molecule has 1 aliphatic carbocycles. The minimum absolute atomic E-state index is 0.0236. The van der Waals surface area contributed by atoms with Crippen LogP contribution in [-0.2, 0) is 14.4 Å². The molecule has 2 aliphatic heterocycles. The van der Waals surface area contributed by atoms with Crippen LogP contribution in [0.3, 0.4) is 0 Å². The number of carbonyl (C=O) groups is 4. The number of nitrogens with one attached hydrogen (secondary N) is 2. The van der Waals surface area contributed by atoms with Gasteiger partial charge in [-0.05, 0) is 53.0 Å². The molecule has 0 spiro atoms. The second-order valence-electron chi connectivity index (χ2n) is 10.2. The molecule has 1 saturated carbocycles. The molecule has 2 heterocycles. The number of nitrogens with zero attached hydrogens (tertiary/aromatic N) is 1. The summed E-state index contributed by atoms with van der Waals surface area (Å²) >= 11 is 0. The number of amides is 3. The molecule has 0 bridgehead atoms. The number of hydrogen-bond donors (Lipinski definition) is 2. The number of rotatable bonds is 6. The first kappa shape index (κ1) is 21.6. The van der Waals surface area contributed by atoms with Gasteiger partial charge in [-0.15, -0.1) is 0 Å². The van der Waals surface area contributed by atoms with E-state index in [4.69, 9.17) is 0 Å². The van der Waals surface area contributed by atoms with Crippen LogP contribution in [0.2, 0.25) is 0 Å². The van der Waals surface area contributed by atoms with E-state index in [2.05, 4.69) is 24.5 Å². The van der Waals surface area contributed by atoms with Crippen molar-refractivity contribution in [1.29, 1.82) is 0 Å². The Bertz CT molecular complexity index is 1140. The highest BCUT2D eigenvalue weighted by atomic mass is 16.2. The summed E-state index contributed by atoms with van der Waals surface area (Å²) in [5.74, 6) is -0.505. The second kappa shape index (κ2) is 7.97. The molecule has 1 unspecified atom stereocenters. The van der Waals surface area contributed by atoms with E-state index in [9.17, 15) is 19.2 Å². The van der Waals surface area contributed by atoms with Gasteiger partial charge in [-0.1, -0.05) is 44.2 Å². The van der Waals surface area contributed by atoms with Crippen molar-refractivity contribution >= 4 is 34.8 Å². The number of hydrogen-bond acceptors (Lipinski definition) is 4. The maximum Gasteiger partial charge on any atom is 0.254 e. The molecule has 5 rings (SSSR count). The van der Waals surface area contributed by atoms with Gasteiger partial charge >= 0.3 is 0 Å². The zero-order valence-electron chi connectivity index (χ0n) is 18.9. The number of likely N-dealkylation sites (tertiary alicyclic amines) is 1. The molecular formula is C26H29N3O4. The largest absolute Gasteiger partial charge is 0.356 e. The maximum absolute atomic E-state index is 13.5. The number of aldehydes is 1. The van der Waals surface area contributed by atoms with Gasteiger partial charge in [0.1, 0.15) is 12.3 Å². The highest BCUT2D eigenvalue weighted by Crippen LogP contribution is 2.65. The van der Waals surface area contributed by atoms with Crippen LogP contribution in [0.15, 0.2) is 42.5 Å². The first-order valence-electron chi connectivity index (χ1n) is 11.6. The van der Waals surface area contributed by atoms with Crippen LogP contribution in [0.5, 0.6) is 0 Å². The van der Waals surface area contributed by atoms with Crippen molar-refractivity contribution in [3.05, 3.63) is 48.0 Å². The lowest BCUT2D eigenvalue weighted by atomic mass is 9.97. The lowest BCUT2D eigenvalue weighted by Crippen LogP contribution is -2.52. The average molecular weight is 448 g/mol. The van der Waals surface area contributed by atoms with Crippen molar-refractivity contribution < 1.29 is 19.2 Å². The van der Waals surface area contributed by atoms with Gasteiger partial charge in [-0.2, -0.15) is 0 Å². The number of carbonyl (C=O) groups excluding carboxylic acids is 4. The zero-order chi connectivity index (χ0) is 23.3. The average Bonchev–Trinajstić information content (AvgIpc) is 3.16. The fourth-order valence-corrected chi connectivity index (χ4v) is 5.88. The Kier molecular flexibility index (Phi) is 5.22. The third kappa shape index (κ3) is 3.69. The number of fused-ring (bicyclic) bond motifs is 2. The zero-order valence-corrected chi connectivity index (χ0v) is 18.9. The van der Waals surface area contributed by atoms with Gasteiger partial charge in [0.25, 0.3) is 5.91 Å². The van der Waals surface area contributed by atoms with Gasteiger partial charge in [0.15, 0.2) is 0 Å². The van der Waals surface area contributed by atoms with Gasteiger partial charge in [-0.3, -0.25) is 14.4 Å². The molecule has 2 aromatic rings. The van der Waals surface area contributed by atoms with Crippen LogP contribution in [0.4, 0.5) is 0 Å². The Morgan fingerprint density at radius 2 is 1.97 bits per heavy atom. The highest BCUT2D eigenvalue weighted by molar-refractivity contribution is 6.01. The van der Waals surface area contributed by atoms with Gasteiger partial charge in [0.2, 0.25) is 11.8 Å². The first-order chi connectivity index (χ1) is 15.8. The lowest BCUT2D eigenvalue weighted by molar-refractivity contribution is -0.129. The van der Waals surface area contributed by atoms with E-state index in [1.54, 1.807) is 4.90 Å². The summed E-state index contributed by atoms with van der Waals surface area (Å²) in [6, 6.07) is 12.1. The molecule has 0 radical (unpaired) electrons. The van der Waals surface area contributed by atoms with Crippen LogP contribution in [0, 0.1) is 23.2 Å². The molecule has 0 aromatic heterocycles. The molecule has 172 valence electrons. The Labute approximate surface area is 192 Å². The fourth-order valence-electron chi connectivity index (χ4n) is 5.88. The molecule has 7 heteroatoms. The molecule has 3 fully saturated rings. The maximum atomic E-state index is 13.5. The first-order valence-corrected chi connectivity index (χ1v) is 11.6. The Balaban J connectivity index is 1.36. The minimum Gasteiger partial charge on any atom is -0.356 e. The van der Waals surface area contributed by atoms with Crippen molar-refractivity contribution in [1.82, 2.24) is 15.5 Å². The van der Waals surface area contributed by atoms with Gasteiger partial charge < -0.3 is 20.3 Å². The summed E-state index contributed by atoms with van der Waals surface area (Å²) in [7, 11) is 0. The normalized spacial score (nSPS) is 28.2. The van der Waals surface area contributed by atoms with Crippen molar-refractivity contribution in [2.75, 3.05) is 13.1 Å². The molecule has 2 aromatic carbocycles. The summed E-state index contributed by atoms with van der Waals surface area (Å²) < 4.78 is 0. The smallest absolute Gasteiger partial charge is 0.254 e. The van der Waals surface area contributed by atoms with E-state index < -0.39 is 12.1 Å². The van der Waals surface area contributed by atoms with Crippen molar-refractivity contribution in [3.8, 4) is 0 Å². The predicted molar refractivity (Wildman–Crippen MR) is 123 cm³/mol. The van der Waals surface area contributed by atoms with Crippen LogP contribution < -0.4 is 10.6 Å². The third-order valence-corrected chi connectivity index (χ3v) is 7.93. The Morgan fingerprint density at radius 3 is 2.67 bits per heavy atom. The van der Waals surface area contributed by atoms with E-state index in [-0.39, 0.29) is 47.3 Å². The predicted octanol–water partition coefficient (Wildman–Crippen LogP) is 2.15. The third-order valence-electron chi connectivity index (χ3n) is 7.93. The van der Waals surface area contributed by atoms with Gasteiger partial charge in [0.05, 0.1) is 6.04 Å². The standard InChI is InChI=1S/C26H29N3O4/c1-26(2)20-13-29(25(33)18-8-7-15-5-3-4-6-16(15)11-18)22(21(20)26)24(32)28-19(14-30)12-17-9-10-27-23(17)31/h3-8,11,14,17,19-22H,9-10,12-13H2,1-2H3,(H,27,31)(H,28,32)/t17-,19-,20+,21+,22?/m1/s1. The van der Waals surface area contributed by atoms with Crippen LogP contribution in [0.1, 0.15) is 37.0 Å². The topological polar surface area (TPSA) is 95.6 Å². The van der Waals surface area contributed by atoms with Gasteiger partial charge in [-0.25, -0.2) is 0 Å². The molecule has 2 saturated heterocycles. The SMILES string of the molecule is CC1(C)[C@@H]2C(C(=O)N[C@@H](C=O)C[C@H]3CCNC3=O)N(C(=O)c3ccc4ccccc4c3)C[C@@H]21. The molecule has 5 atom stereocenters. The van der Waals surface area contributed by atoms with Crippen LogP contribution in [0.25, 0.3) is 10.8 Å². The molecular weight excluding hydrogens is 418 g/mol. The van der Waals surface area contributed by atoms with E-state index in [0.717, 1.165) is 10.8 Å². The van der Waals surface area contributed by atoms with Crippen molar-refractivity contribution in [2.45, 2.75) is 38.8 Å². The van der Waals surface area contributed by atoms with E-state index in [0.29, 0.717) is 31.4 Å². The highest BCUT2D eigenvalue weighted by Gasteiger charge is 2.69. The molecule has 3 amide bonds. The van der Waals surface area contributed by atoms with E-state index in [1.807, 2.05) is 42.5 Å². The number of piperidine rings is 1. The van der Waals surface area contributed by atoms with E-state index in [1.165, 1.54) is 0 Å². The molecule has 33 heavy (non-hydrogen) atoms. The summed E-state index contributed by atoms with van der Waals surface area (Å²) in [5.41, 5.74) is 0.532. The Morgan fingerprint density at radius 1 is 1.21 bits per heavy atom.